The van der Waals surface area contributed by atoms with Gasteiger partial charge in [-0.05, 0) is 69.0 Å². The second kappa shape index (κ2) is 20.4. The number of carbonyl (C=O) groups is 7. The molecule has 2 bridgehead atoms. The summed E-state index contributed by atoms with van der Waals surface area (Å²) < 4.78 is 41.1. The van der Waals surface area contributed by atoms with Crippen LogP contribution in [-0.2, 0) is 58.9 Å². The molecule has 1 saturated heterocycles. The van der Waals surface area contributed by atoms with E-state index >= 15 is 9.59 Å². The van der Waals surface area contributed by atoms with E-state index in [1.54, 1.807) is 87.5 Å². The van der Waals surface area contributed by atoms with Gasteiger partial charge in [0, 0.05) is 25.2 Å². The molecule has 386 valence electrons. The predicted molar refractivity (Wildman–Crippen MR) is 252 cm³/mol. The molecule has 7 rings (SSSR count). The van der Waals surface area contributed by atoms with E-state index in [1.807, 2.05) is 0 Å². The van der Waals surface area contributed by atoms with Gasteiger partial charge in [-0.25, -0.2) is 19.2 Å². The van der Waals surface area contributed by atoms with Crippen molar-refractivity contribution < 1.29 is 82.0 Å². The van der Waals surface area contributed by atoms with Crippen molar-refractivity contribution in [3.63, 3.8) is 0 Å². The summed E-state index contributed by atoms with van der Waals surface area (Å²) >= 11 is 0. The normalized spacial score (nSPS) is 29.1. The molecule has 3 aromatic rings. The van der Waals surface area contributed by atoms with Crippen molar-refractivity contribution in [3.05, 3.63) is 119 Å². The van der Waals surface area contributed by atoms with Crippen LogP contribution in [0.3, 0.4) is 0 Å². The highest BCUT2D eigenvalue weighted by Crippen LogP contribution is 2.64. The second-order valence-electron chi connectivity index (χ2n) is 20.5. The summed E-state index contributed by atoms with van der Waals surface area (Å²) in [5.74, 6) is -6.85. The monoisotopic (exact) mass is 998 g/mol. The van der Waals surface area contributed by atoms with Crippen molar-refractivity contribution >= 4 is 41.8 Å². The number of Topliss-reactive ketones (excluding diaryl/α,β-unsaturated/α-hetero) is 1. The minimum absolute atomic E-state index is 0.0344. The molecular formula is C53H62N2O17. The number of fused-ring (bicyclic) bond motifs is 5. The lowest BCUT2D eigenvalue weighted by molar-refractivity contribution is -0.346. The van der Waals surface area contributed by atoms with E-state index in [2.05, 4.69) is 10.6 Å². The average molecular weight is 999 g/mol. The Kier molecular flexibility index (Phi) is 15.1. The quantitative estimate of drug-likeness (QED) is 0.0879. The highest BCUT2D eigenvalue weighted by atomic mass is 16.6. The molecule has 19 heteroatoms. The highest BCUT2D eigenvalue weighted by molar-refractivity contribution is 5.94. The van der Waals surface area contributed by atoms with Crippen molar-refractivity contribution in [2.45, 2.75) is 134 Å². The van der Waals surface area contributed by atoms with E-state index < -0.39 is 131 Å². The molecule has 19 nitrogen and oxygen atoms in total. The number of benzene rings is 3. The molecule has 0 radical (unpaired) electrons. The summed E-state index contributed by atoms with van der Waals surface area (Å²) in [6.45, 7) is 10.5. The van der Waals surface area contributed by atoms with Crippen LogP contribution >= 0.6 is 0 Å². The maximum Gasteiger partial charge on any atom is 0.408 e. The van der Waals surface area contributed by atoms with Gasteiger partial charge in [0.1, 0.15) is 54.8 Å². The first-order valence-corrected chi connectivity index (χ1v) is 23.6. The van der Waals surface area contributed by atoms with Gasteiger partial charge >= 0.3 is 36.1 Å². The van der Waals surface area contributed by atoms with Crippen molar-refractivity contribution in [2.75, 3.05) is 13.2 Å². The lowest BCUT2D eigenvalue weighted by Gasteiger charge is -2.67. The third-order valence-electron chi connectivity index (χ3n) is 14.4. The van der Waals surface area contributed by atoms with Crippen molar-refractivity contribution in [2.24, 2.45) is 16.7 Å². The number of aliphatic hydroxyl groups is 3. The predicted octanol–water partition coefficient (Wildman–Crippen LogP) is 4.74. The number of ether oxygens (including phenoxy) is 7. The van der Waals surface area contributed by atoms with Gasteiger partial charge < -0.3 is 59.1 Å². The molecule has 3 aromatic carbocycles. The van der Waals surface area contributed by atoms with Crippen LogP contribution in [0.15, 0.2) is 102 Å². The molecule has 5 N–H and O–H groups in total. The largest absolute Gasteiger partial charge is 0.455 e. The van der Waals surface area contributed by atoms with Crippen molar-refractivity contribution in [1.29, 1.82) is 0 Å². The number of ketones is 1. The fourth-order valence-corrected chi connectivity index (χ4v) is 10.8. The maximum absolute atomic E-state index is 15.2. The van der Waals surface area contributed by atoms with Crippen LogP contribution in [-0.4, -0.2) is 124 Å². The van der Waals surface area contributed by atoms with Gasteiger partial charge in [-0.15, -0.1) is 0 Å². The standard InChI is InChI=1S/C53H62N2O17/c1-29-34(68-46(62)41(39(32-20-14-10-15-21-32)55-48(64)72-49(3,4)5)69-37(58)26-54-47(63)66-27-31-18-12-9-13-19-31)25-53(65)44(70-45(61)33-22-16-11-17-23-33)42-51(8,43(60)40(59)38(29)50(53,6)7)35(57)24-36-52(42,28-67-36)71-30(2)56/h9-23,34-36,39-42,44,57,59,65H,24-28H2,1-8H3,(H,54,63)(H,55,64)/t34-,35-,36+,39-,40+,41+,42-,44-,51+,52-,53+/m0/s1. The molecule has 3 fully saturated rings. The van der Waals surface area contributed by atoms with E-state index in [9.17, 15) is 39.3 Å². The van der Waals surface area contributed by atoms with Gasteiger partial charge in [0.25, 0.3) is 0 Å². The molecule has 4 aliphatic rings. The van der Waals surface area contributed by atoms with Crippen LogP contribution in [0.5, 0.6) is 0 Å². The number of aliphatic hydroxyl groups excluding tert-OH is 2. The molecule has 11 atom stereocenters. The number of nitrogens with one attached hydrogen (secondary N) is 2. The van der Waals surface area contributed by atoms with Gasteiger partial charge in [-0.2, -0.15) is 0 Å². The molecule has 3 aliphatic carbocycles. The first-order chi connectivity index (χ1) is 33.8. The first-order valence-electron chi connectivity index (χ1n) is 23.6. The number of hydrogen-bond acceptors (Lipinski definition) is 17. The summed E-state index contributed by atoms with van der Waals surface area (Å²) in [5, 5.41) is 43.1. The third-order valence-corrected chi connectivity index (χ3v) is 14.4. The first kappa shape index (κ1) is 53.1. The number of amides is 2. The minimum atomic E-state index is -2.47. The highest BCUT2D eigenvalue weighted by Gasteiger charge is 2.78. The molecule has 0 aromatic heterocycles. The van der Waals surface area contributed by atoms with Crippen LogP contribution in [0.2, 0.25) is 0 Å². The number of hydrogen-bond donors (Lipinski definition) is 5. The van der Waals surface area contributed by atoms with Crippen molar-refractivity contribution in [3.8, 4) is 0 Å². The van der Waals surface area contributed by atoms with Gasteiger partial charge in [-0.3, -0.25) is 14.4 Å². The molecule has 1 heterocycles. The van der Waals surface area contributed by atoms with Crippen LogP contribution in [0.4, 0.5) is 9.59 Å². The minimum Gasteiger partial charge on any atom is -0.455 e. The molecule has 0 spiro atoms. The lowest BCUT2D eigenvalue weighted by Crippen LogP contribution is -2.81. The average Bonchev–Trinajstić information content (AvgIpc) is 3.32. The number of rotatable bonds is 13. The number of alkyl carbamates (subject to hydrolysis) is 2. The van der Waals surface area contributed by atoms with E-state index in [0.717, 1.165) is 6.92 Å². The zero-order valence-corrected chi connectivity index (χ0v) is 41.4. The van der Waals surface area contributed by atoms with E-state index in [-0.39, 0.29) is 41.9 Å². The third kappa shape index (κ3) is 10.2. The fourth-order valence-electron chi connectivity index (χ4n) is 10.8. The van der Waals surface area contributed by atoms with Crippen molar-refractivity contribution in [1.82, 2.24) is 10.6 Å². The Hall–Kier alpha value is -6.67. The molecular weight excluding hydrogens is 937 g/mol. The Labute approximate surface area is 416 Å². The molecule has 72 heavy (non-hydrogen) atoms. The Morgan fingerprint density at radius 2 is 1.47 bits per heavy atom. The SMILES string of the molecule is CC(=O)O[C@@]12CO[C@@H]1C[C@H](O)[C@@]1(C)C(=O)[C@H](O)C3=C(C)[C@@H](OC(=O)[C@H](OC(=O)CNC(=O)OCc4ccccc4)[C@@H](NC(=O)OC(C)(C)C)c4ccccc4)C[C@@](O)([C@@H](OC(=O)c4ccccc4)[C@H]21)C3(C)C. The summed E-state index contributed by atoms with van der Waals surface area (Å²) in [4.78, 5) is 97.7. The lowest BCUT2D eigenvalue weighted by atomic mass is 9.44. The molecule has 2 amide bonds. The van der Waals surface area contributed by atoms with Crippen LogP contribution in [0.1, 0.15) is 95.8 Å². The molecule has 2 saturated carbocycles. The topological polar surface area (TPSA) is 269 Å². The second-order valence-corrected chi connectivity index (χ2v) is 20.5. The number of esters is 4. The van der Waals surface area contributed by atoms with Crippen LogP contribution in [0, 0.1) is 16.7 Å². The number of carbonyl (C=O) groups excluding carboxylic acids is 7. The molecule has 1 aliphatic heterocycles. The Bertz CT molecular complexity index is 2580. The fraction of sp³-hybridized carbons (Fsp3) is 0.491. The Morgan fingerprint density at radius 3 is 2.06 bits per heavy atom. The summed E-state index contributed by atoms with van der Waals surface area (Å²) in [5.41, 5.74) is -8.28. The summed E-state index contributed by atoms with van der Waals surface area (Å²) in [6, 6.07) is 22.9. The Balaban J connectivity index is 1.31. The zero-order valence-electron chi connectivity index (χ0n) is 41.4. The molecule has 0 unspecified atom stereocenters. The van der Waals surface area contributed by atoms with Crippen LogP contribution in [0.25, 0.3) is 0 Å². The summed E-state index contributed by atoms with van der Waals surface area (Å²) in [6.07, 6.45) is -13.2. The van der Waals surface area contributed by atoms with E-state index in [1.165, 1.54) is 52.0 Å². The van der Waals surface area contributed by atoms with Crippen LogP contribution < -0.4 is 10.6 Å². The van der Waals surface area contributed by atoms with E-state index in [0.29, 0.717) is 5.56 Å². The van der Waals surface area contributed by atoms with E-state index in [4.69, 9.17) is 33.2 Å². The summed E-state index contributed by atoms with van der Waals surface area (Å²) in [7, 11) is 0. The Morgan fingerprint density at radius 1 is 0.861 bits per heavy atom. The van der Waals surface area contributed by atoms with Gasteiger partial charge in [0.05, 0.1) is 29.6 Å². The smallest absolute Gasteiger partial charge is 0.408 e. The van der Waals surface area contributed by atoms with Gasteiger partial charge in [0.2, 0.25) is 6.10 Å². The van der Waals surface area contributed by atoms with Gasteiger partial charge in [0.15, 0.2) is 11.4 Å². The maximum atomic E-state index is 15.2. The zero-order chi connectivity index (χ0) is 52.6. The van der Waals surface area contributed by atoms with Gasteiger partial charge in [-0.1, -0.05) is 92.7 Å².